The SMILES string of the molecule is CCCNC(c1ccc(Cl)cc1)C(C)(C)N1CCCC1. The second-order valence-electron chi connectivity index (χ2n) is 6.29. The van der Waals surface area contributed by atoms with E-state index in [0.29, 0.717) is 6.04 Å². The number of hydrogen-bond acceptors (Lipinski definition) is 2. The Morgan fingerprint density at radius 3 is 2.35 bits per heavy atom. The van der Waals surface area contributed by atoms with E-state index >= 15 is 0 Å². The van der Waals surface area contributed by atoms with E-state index in [2.05, 4.69) is 43.1 Å². The third-order valence-electron chi connectivity index (χ3n) is 4.43. The van der Waals surface area contributed by atoms with Crippen molar-refractivity contribution in [2.45, 2.75) is 51.6 Å². The highest BCUT2D eigenvalue weighted by atomic mass is 35.5. The van der Waals surface area contributed by atoms with Gasteiger partial charge in [0.25, 0.3) is 0 Å². The highest BCUT2D eigenvalue weighted by Gasteiger charge is 2.37. The van der Waals surface area contributed by atoms with Gasteiger partial charge >= 0.3 is 0 Å². The number of nitrogens with one attached hydrogen (secondary N) is 1. The zero-order valence-corrected chi connectivity index (χ0v) is 13.7. The molecule has 1 aliphatic rings. The third-order valence-corrected chi connectivity index (χ3v) is 4.68. The van der Waals surface area contributed by atoms with Gasteiger partial charge in [0.1, 0.15) is 0 Å². The number of hydrogen-bond donors (Lipinski definition) is 1. The van der Waals surface area contributed by atoms with Crippen molar-refractivity contribution in [1.29, 1.82) is 0 Å². The first-order valence-corrected chi connectivity index (χ1v) is 8.17. The summed E-state index contributed by atoms with van der Waals surface area (Å²) in [5.74, 6) is 0. The van der Waals surface area contributed by atoms with Crippen LogP contribution in [0.4, 0.5) is 0 Å². The lowest BCUT2D eigenvalue weighted by atomic mass is 9.87. The van der Waals surface area contributed by atoms with Crippen LogP contribution in [0.5, 0.6) is 0 Å². The first kappa shape index (κ1) is 15.8. The Kier molecular flexibility index (Phi) is 5.48. The lowest BCUT2D eigenvalue weighted by Crippen LogP contribution is -2.51. The van der Waals surface area contributed by atoms with Gasteiger partial charge in [-0.05, 0) is 70.4 Å². The molecule has 20 heavy (non-hydrogen) atoms. The smallest absolute Gasteiger partial charge is 0.0501 e. The van der Waals surface area contributed by atoms with E-state index in [1.54, 1.807) is 0 Å². The Morgan fingerprint density at radius 1 is 1.20 bits per heavy atom. The quantitative estimate of drug-likeness (QED) is 0.843. The van der Waals surface area contributed by atoms with Crippen LogP contribution in [0.15, 0.2) is 24.3 Å². The van der Waals surface area contributed by atoms with Crippen LogP contribution >= 0.6 is 11.6 Å². The Labute approximate surface area is 128 Å². The standard InChI is InChI=1S/C17H27ClN2/c1-4-11-19-16(14-7-9-15(18)10-8-14)17(2,3)20-12-5-6-13-20/h7-10,16,19H,4-6,11-13H2,1-3H3. The maximum absolute atomic E-state index is 6.03. The van der Waals surface area contributed by atoms with Crippen LogP contribution in [0.25, 0.3) is 0 Å². The van der Waals surface area contributed by atoms with Gasteiger partial charge in [-0.1, -0.05) is 30.7 Å². The minimum Gasteiger partial charge on any atom is -0.308 e. The van der Waals surface area contributed by atoms with Crippen molar-refractivity contribution >= 4 is 11.6 Å². The first-order valence-electron chi connectivity index (χ1n) is 7.79. The van der Waals surface area contributed by atoms with Crippen molar-refractivity contribution < 1.29 is 0 Å². The summed E-state index contributed by atoms with van der Waals surface area (Å²) >= 11 is 6.03. The van der Waals surface area contributed by atoms with Gasteiger partial charge in [0.05, 0.1) is 6.04 Å². The van der Waals surface area contributed by atoms with Crippen LogP contribution in [0.3, 0.4) is 0 Å². The Morgan fingerprint density at radius 2 is 1.80 bits per heavy atom. The molecular weight excluding hydrogens is 268 g/mol. The lowest BCUT2D eigenvalue weighted by Gasteiger charge is -2.43. The monoisotopic (exact) mass is 294 g/mol. The van der Waals surface area contributed by atoms with E-state index in [1.165, 1.54) is 31.5 Å². The van der Waals surface area contributed by atoms with Crippen LogP contribution in [-0.4, -0.2) is 30.1 Å². The molecule has 2 nitrogen and oxygen atoms in total. The van der Waals surface area contributed by atoms with Crippen LogP contribution < -0.4 is 5.32 Å². The van der Waals surface area contributed by atoms with Crippen molar-refractivity contribution in [3.63, 3.8) is 0 Å². The fraction of sp³-hybridized carbons (Fsp3) is 0.647. The third kappa shape index (κ3) is 3.55. The molecule has 0 bridgehead atoms. The largest absolute Gasteiger partial charge is 0.308 e. The molecule has 1 aromatic carbocycles. The van der Waals surface area contributed by atoms with Gasteiger partial charge < -0.3 is 5.32 Å². The van der Waals surface area contributed by atoms with Gasteiger partial charge in [-0.3, -0.25) is 4.90 Å². The molecule has 1 aromatic rings. The molecule has 1 saturated heterocycles. The zero-order valence-electron chi connectivity index (χ0n) is 13.0. The molecule has 0 amide bonds. The number of rotatable bonds is 6. The Balaban J connectivity index is 2.23. The summed E-state index contributed by atoms with van der Waals surface area (Å²) in [6.45, 7) is 10.4. The topological polar surface area (TPSA) is 15.3 Å². The second kappa shape index (κ2) is 6.93. The predicted octanol–water partition coefficient (Wildman–Crippen LogP) is 4.26. The summed E-state index contributed by atoms with van der Waals surface area (Å²) in [7, 11) is 0. The maximum atomic E-state index is 6.03. The summed E-state index contributed by atoms with van der Waals surface area (Å²) in [6.07, 6.45) is 3.80. The van der Waals surface area contributed by atoms with Crippen molar-refractivity contribution in [2.75, 3.05) is 19.6 Å². The van der Waals surface area contributed by atoms with E-state index in [-0.39, 0.29) is 5.54 Å². The molecular formula is C17H27ClN2. The molecule has 1 unspecified atom stereocenters. The zero-order chi connectivity index (χ0) is 14.6. The van der Waals surface area contributed by atoms with Crippen molar-refractivity contribution in [2.24, 2.45) is 0 Å². The molecule has 0 aliphatic carbocycles. The number of halogens is 1. The molecule has 1 aliphatic heterocycles. The lowest BCUT2D eigenvalue weighted by molar-refractivity contribution is 0.107. The molecule has 1 heterocycles. The number of likely N-dealkylation sites (tertiary alicyclic amines) is 1. The molecule has 0 saturated carbocycles. The van der Waals surface area contributed by atoms with E-state index in [4.69, 9.17) is 11.6 Å². The highest BCUT2D eigenvalue weighted by molar-refractivity contribution is 6.30. The summed E-state index contributed by atoms with van der Waals surface area (Å²) in [4.78, 5) is 2.62. The normalized spacial score (nSPS) is 18.4. The minimum atomic E-state index is 0.125. The first-order chi connectivity index (χ1) is 9.55. The van der Waals surface area contributed by atoms with Gasteiger partial charge in [-0.2, -0.15) is 0 Å². The number of nitrogens with zero attached hydrogens (tertiary/aromatic N) is 1. The van der Waals surface area contributed by atoms with Crippen molar-refractivity contribution in [3.05, 3.63) is 34.9 Å². The molecule has 0 radical (unpaired) electrons. The molecule has 2 rings (SSSR count). The summed E-state index contributed by atoms with van der Waals surface area (Å²) in [5, 5.41) is 4.54. The molecule has 112 valence electrons. The molecule has 3 heteroatoms. The van der Waals surface area contributed by atoms with Crippen molar-refractivity contribution in [3.8, 4) is 0 Å². The van der Waals surface area contributed by atoms with Crippen molar-refractivity contribution in [1.82, 2.24) is 10.2 Å². The average molecular weight is 295 g/mol. The van der Waals surface area contributed by atoms with Crippen LogP contribution in [-0.2, 0) is 0 Å². The maximum Gasteiger partial charge on any atom is 0.0501 e. The van der Waals surface area contributed by atoms with E-state index in [1.807, 2.05) is 12.1 Å². The van der Waals surface area contributed by atoms with Crippen LogP contribution in [0.1, 0.15) is 51.6 Å². The molecule has 1 N–H and O–H groups in total. The van der Waals surface area contributed by atoms with E-state index in [0.717, 1.165) is 18.0 Å². The molecule has 1 atom stereocenters. The summed E-state index contributed by atoms with van der Waals surface area (Å²) < 4.78 is 0. The predicted molar refractivity (Wildman–Crippen MR) is 87.4 cm³/mol. The highest BCUT2D eigenvalue weighted by Crippen LogP contribution is 2.34. The molecule has 0 aromatic heterocycles. The van der Waals surface area contributed by atoms with Gasteiger partial charge in [-0.15, -0.1) is 0 Å². The van der Waals surface area contributed by atoms with Gasteiger partial charge in [0.2, 0.25) is 0 Å². The molecule has 1 fully saturated rings. The summed E-state index contributed by atoms with van der Waals surface area (Å²) in [5.41, 5.74) is 1.46. The average Bonchev–Trinajstić information content (AvgIpc) is 2.96. The fourth-order valence-electron chi connectivity index (χ4n) is 3.20. The Bertz CT molecular complexity index is 408. The number of benzene rings is 1. The second-order valence-corrected chi connectivity index (χ2v) is 6.72. The van der Waals surface area contributed by atoms with E-state index < -0.39 is 0 Å². The summed E-state index contributed by atoms with van der Waals surface area (Å²) in [6, 6.07) is 8.66. The van der Waals surface area contributed by atoms with Gasteiger partial charge in [0, 0.05) is 10.6 Å². The van der Waals surface area contributed by atoms with Gasteiger partial charge in [-0.25, -0.2) is 0 Å². The van der Waals surface area contributed by atoms with Crippen LogP contribution in [0, 0.1) is 0 Å². The Hall–Kier alpha value is -0.570. The van der Waals surface area contributed by atoms with Gasteiger partial charge in [0.15, 0.2) is 0 Å². The van der Waals surface area contributed by atoms with E-state index in [9.17, 15) is 0 Å². The fourth-order valence-corrected chi connectivity index (χ4v) is 3.32. The molecule has 0 spiro atoms. The van der Waals surface area contributed by atoms with Crippen LogP contribution in [0.2, 0.25) is 5.02 Å². The minimum absolute atomic E-state index is 0.125.